The molecule has 2 aromatic rings. The van der Waals surface area contributed by atoms with Gasteiger partial charge < -0.3 is 16.4 Å². The summed E-state index contributed by atoms with van der Waals surface area (Å²) >= 11 is 0. The molecular weight excluding hydrogens is 400 g/mol. The second kappa shape index (κ2) is 8.94. The molecule has 6 heteroatoms. The van der Waals surface area contributed by atoms with Crippen molar-refractivity contribution in [1.82, 2.24) is 10.6 Å². The zero-order valence-corrected chi connectivity index (χ0v) is 18.3. The minimum Gasteiger partial charge on any atom is -0.366 e. The first-order valence-electron chi connectivity index (χ1n) is 11.9. The standard InChI is InChI=1S/C26H31N4O2/c27-25(31)22-15-24-23(29-26(32)30-24)14-21(22)18-8-12-20(13-9-18)28-19-10-6-17(7-11-19)16-4-2-1-3-5-16/h1-5,14-15,17-20,28H,6-13H2,(H2,27,31)(H,29,32). The maximum Gasteiger partial charge on any atom is 0.346 e. The molecule has 1 aliphatic heterocycles. The van der Waals surface area contributed by atoms with Crippen molar-refractivity contribution >= 4 is 23.3 Å². The van der Waals surface area contributed by atoms with Gasteiger partial charge in [0.05, 0.1) is 11.4 Å². The van der Waals surface area contributed by atoms with Gasteiger partial charge in [-0.15, -0.1) is 0 Å². The van der Waals surface area contributed by atoms with Crippen LogP contribution < -0.4 is 21.7 Å². The first-order chi connectivity index (χ1) is 15.6. The van der Waals surface area contributed by atoms with Gasteiger partial charge >= 0.3 is 6.03 Å². The van der Waals surface area contributed by atoms with Gasteiger partial charge in [0.15, 0.2) is 0 Å². The third-order valence-electron chi connectivity index (χ3n) is 7.53. The summed E-state index contributed by atoms with van der Waals surface area (Å²) in [7, 11) is 0. The van der Waals surface area contributed by atoms with Crippen molar-refractivity contribution in [1.29, 1.82) is 0 Å². The largest absolute Gasteiger partial charge is 0.366 e. The highest BCUT2D eigenvalue weighted by Crippen LogP contribution is 2.40. The van der Waals surface area contributed by atoms with E-state index in [1.54, 1.807) is 6.07 Å². The van der Waals surface area contributed by atoms with Crippen molar-refractivity contribution in [2.45, 2.75) is 75.3 Å². The lowest BCUT2D eigenvalue weighted by molar-refractivity contribution is 0.0998. The first kappa shape index (κ1) is 21.0. The van der Waals surface area contributed by atoms with Crippen molar-refractivity contribution in [3.05, 3.63) is 59.2 Å². The maximum atomic E-state index is 12.1. The Balaban J connectivity index is 1.16. The number of nitrogens with zero attached hydrogens (tertiary/aromatic N) is 1. The van der Waals surface area contributed by atoms with Crippen LogP contribution in [0.25, 0.3) is 0 Å². The van der Waals surface area contributed by atoms with E-state index in [9.17, 15) is 9.59 Å². The summed E-state index contributed by atoms with van der Waals surface area (Å²) in [5.74, 6) is 0.532. The molecule has 0 atom stereocenters. The number of rotatable bonds is 5. The van der Waals surface area contributed by atoms with E-state index in [4.69, 9.17) is 5.73 Å². The molecule has 4 N–H and O–H groups in total. The van der Waals surface area contributed by atoms with E-state index in [1.165, 1.54) is 31.2 Å². The van der Waals surface area contributed by atoms with E-state index >= 15 is 0 Å². The highest BCUT2D eigenvalue weighted by molar-refractivity contribution is 6.05. The lowest BCUT2D eigenvalue weighted by Crippen LogP contribution is -2.42. The lowest BCUT2D eigenvalue weighted by Gasteiger charge is -2.36. The summed E-state index contributed by atoms with van der Waals surface area (Å²) in [6.07, 6.45) is 9.20. The van der Waals surface area contributed by atoms with Crippen molar-refractivity contribution in [2.24, 2.45) is 5.73 Å². The zero-order chi connectivity index (χ0) is 22.1. The molecule has 5 rings (SSSR count). The van der Waals surface area contributed by atoms with Crippen LogP contribution in [0.4, 0.5) is 16.2 Å². The molecule has 32 heavy (non-hydrogen) atoms. The topological polar surface area (TPSA) is 98.3 Å². The normalized spacial score (nSPS) is 27.3. The van der Waals surface area contributed by atoms with Gasteiger partial charge in [0.2, 0.25) is 5.91 Å². The number of hydrogen-bond acceptors (Lipinski definition) is 3. The van der Waals surface area contributed by atoms with Crippen molar-refractivity contribution in [3.8, 4) is 0 Å². The molecule has 0 saturated heterocycles. The monoisotopic (exact) mass is 431 g/mol. The smallest absolute Gasteiger partial charge is 0.346 e. The second-order valence-corrected chi connectivity index (χ2v) is 9.54. The van der Waals surface area contributed by atoms with Gasteiger partial charge in [-0.05, 0) is 86.5 Å². The van der Waals surface area contributed by atoms with Gasteiger partial charge in [-0.25, -0.2) is 4.79 Å². The Morgan fingerprint density at radius 3 is 2.16 bits per heavy atom. The summed E-state index contributed by atoms with van der Waals surface area (Å²) in [5, 5.41) is 10.6. The number of carbonyl (C=O) groups is 2. The summed E-state index contributed by atoms with van der Waals surface area (Å²) in [6.45, 7) is 0. The van der Waals surface area contributed by atoms with E-state index < -0.39 is 5.91 Å². The van der Waals surface area contributed by atoms with Gasteiger partial charge in [0, 0.05) is 17.6 Å². The van der Waals surface area contributed by atoms with Crippen molar-refractivity contribution in [2.75, 3.05) is 5.32 Å². The fourth-order valence-corrected chi connectivity index (χ4v) is 5.82. The predicted octanol–water partition coefficient (Wildman–Crippen LogP) is 4.91. The molecule has 167 valence electrons. The molecule has 0 bridgehead atoms. The molecule has 3 aliphatic rings. The minimum atomic E-state index is -0.451. The van der Waals surface area contributed by atoms with E-state index in [0.29, 0.717) is 34.9 Å². The molecule has 1 heterocycles. The van der Waals surface area contributed by atoms with Crippen LogP contribution in [0.2, 0.25) is 0 Å². The number of carbonyl (C=O) groups excluding carboxylic acids is 2. The number of nitrogens with two attached hydrogens (primary N) is 1. The molecule has 2 aliphatic carbocycles. The molecule has 0 spiro atoms. The van der Waals surface area contributed by atoms with Crippen LogP contribution >= 0.6 is 0 Å². The second-order valence-electron chi connectivity index (χ2n) is 9.54. The van der Waals surface area contributed by atoms with Crippen LogP contribution in [0.1, 0.15) is 84.7 Å². The molecule has 0 unspecified atom stereocenters. The number of urea groups is 1. The van der Waals surface area contributed by atoms with Crippen LogP contribution in [0.3, 0.4) is 0 Å². The number of benzene rings is 2. The SMILES string of the molecule is NC(=O)c1cc2c(cc1C1CCC(NC3CCC(c4ccccc4)CC3)CC1)NC(=O)[N]2. The van der Waals surface area contributed by atoms with Gasteiger partial charge in [-0.2, -0.15) is 5.32 Å². The molecular formula is C26H31N4O2. The van der Waals surface area contributed by atoms with E-state index in [0.717, 1.165) is 31.2 Å². The van der Waals surface area contributed by atoms with E-state index in [2.05, 4.69) is 46.3 Å². The van der Waals surface area contributed by atoms with E-state index in [1.807, 2.05) is 6.07 Å². The zero-order valence-electron chi connectivity index (χ0n) is 18.3. The van der Waals surface area contributed by atoms with Crippen LogP contribution in [0.15, 0.2) is 42.5 Å². The number of amides is 3. The molecule has 2 fully saturated rings. The molecule has 2 aromatic carbocycles. The Bertz CT molecular complexity index is 990. The summed E-state index contributed by atoms with van der Waals surface area (Å²) in [5.41, 5.74) is 9.79. The number of primary amides is 1. The van der Waals surface area contributed by atoms with Gasteiger partial charge in [0.1, 0.15) is 0 Å². The third-order valence-corrected chi connectivity index (χ3v) is 7.53. The quantitative estimate of drug-likeness (QED) is 0.627. The number of nitrogens with one attached hydrogen (secondary N) is 2. The molecule has 2 saturated carbocycles. The predicted molar refractivity (Wildman–Crippen MR) is 125 cm³/mol. The average Bonchev–Trinajstić information content (AvgIpc) is 3.19. The van der Waals surface area contributed by atoms with Crippen molar-refractivity contribution in [3.63, 3.8) is 0 Å². The average molecular weight is 432 g/mol. The fourth-order valence-electron chi connectivity index (χ4n) is 5.82. The summed E-state index contributed by atoms with van der Waals surface area (Å²) in [4.78, 5) is 23.7. The number of hydrogen-bond donors (Lipinski definition) is 3. The maximum absolute atomic E-state index is 12.1. The Morgan fingerprint density at radius 1 is 0.906 bits per heavy atom. The Hall–Kier alpha value is -2.86. The first-order valence-corrected chi connectivity index (χ1v) is 11.9. The molecule has 3 amide bonds. The molecule has 1 radical (unpaired) electrons. The Morgan fingerprint density at radius 2 is 1.53 bits per heavy atom. The van der Waals surface area contributed by atoms with Crippen molar-refractivity contribution < 1.29 is 9.59 Å². The Kier molecular flexibility index (Phi) is 5.87. The van der Waals surface area contributed by atoms with Gasteiger partial charge in [-0.1, -0.05) is 30.3 Å². The fraction of sp³-hybridized carbons (Fsp3) is 0.462. The van der Waals surface area contributed by atoms with Crippen LogP contribution in [-0.4, -0.2) is 24.0 Å². The summed E-state index contributed by atoms with van der Waals surface area (Å²) in [6, 6.07) is 15.2. The minimum absolute atomic E-state index is 0.284. The van der Waals surface area contributed by atoms with Crippen LogP contribution in [-0.2, 0) is 0 Å². The van der Waals surface area contributed by atoms with Crippen LogP contribution in [0, 0.1) is 0 Å². The number of fused-ring (bicyclic) bond motifs is 1. The Labute approximate surface area is 189 Å². The van der Waals surface area contributed by atoms with Gasteiger partial charge in [-0.3, -0.25) is 4.79 Å². The summed E-state index contributed by atoms with van der Waals surface area (Å²) < 4.78 is 0. The van der Waals surface area contributed by atoms with Gasteiger partial charge in [0.25, 0.3) is 0 Å². The number of anilines is 1. The molecule has 6 nitrogen and oxygen atoms in total. The molecule has 0 aromatic heterocycles. The third kappa shape index (κ3) is 4.37. The highest BCUT2D eigenvalue weighted by atomic mass is 16.2. The highest BCUT2D eigenvalue weighted by Gasteiger charge is 2.30. The van der Waals surface area contributed by atoms with Crippen LogP contribution in [0.5, 0.6) is 0 Å². The van der Waals surface area contributed by atoms with E-state index in [-0.39, 0.29) is 11.9 Å². The lowest BCUT2D eigenvalue weighted by atomic mass is 9.78.